The summed E-state index contributed by atoms with van der Waals surface area (Å²) in [5.74, 6) is 0. The van der Waals surface area contributed by atoms with E-state index < -0.39 is 16.1 Å². The molecule has 2 aromatic rings. The second kappa shape index (κ2) is 5.83. The Kier molecular flexibility index (Phi) is 4.36. The summed E-state index contributed by atoms with van der Waals surface area (Å²) in [5.41, 5.74) is 0.688. The van der Waals surface area contributed by atoms with Gasteiger partial charge in [-0.1, -0.05) is 30.3 Å². The molecule has 1 aromatic carbocycles. The van der Waals surface area contributed by atoms with Gasteiger partial charge in [0.05, 0.1) is 6.10 Å². The van der Waals surface area contributed by atoms with Crippen LogP contribution in [-0.2, 0) is 10.0 Å². The summed E-state index contributed by atoms with van der Waals surface area (Å²) in [4.78, 5) is 0.934. The van der Waals surface area contributed by atoms with Gasteiger partial charge in [0, 0.05) is 11.4 Å². The van der Waals surface area contributed by atoms with Gasteiger partial charge >= 0.3 is 0 Å². The molecule has 1 aromatic heterocycles. The SMILES string of the molecule is Cc1ccc(S(=O)(=O)NCC(O)c2ccccc2)s1. The number of thiophene rings is 1. The average molecular weight is 297 g/mol. The largest absolute Gasteiger partial charge is 0.387 e. The predicted octanol–water partition coefficient (Wildman–Crippen LogP) is 2.07. The molecule has 19 heavy (non-hydrogen) atoms. The van der Waals surface area contributed by atoms with E-state index in [0.717, 1.165) is 4.88 Å². The van der Waals surface area contributed by atoms with Crippen LogP contribution in [0.25, 0.3) is 0 Å². The van der Waals surface area contributed by atoms with Crippen molar-refractivity contribution in [3.05, 3.63) is 52.9 Å². The molecule has 1 heterocycles. The first-order valence-corrected chi connectivity index (χ1v) is 8.08. The molecule has 0 saturated heterocycles. The lowest BCUT2D eigenvalue weighted by Crippen LogP contribution is -2.27. The van der Waals surface area contributed by atoms with E-state index in [0.29, 0.717) is 5.56 Å². The Morgan fingerprint density at radius 2 is 1.89 bits per heavy atom. The molecular formula is C13H15NO3S2. The van der Waals surface area contributed by atoms with E-state index in [1.54, 1.807) is 36.4 Å². The van der Waals surface area contributed by atoms with Crippen LogP contribution in [-0.4, -0.2) is 20.1 Å². The fraction of sp³-hybridized carbons (Fsp3) is 0.231. The number of rotatable bonds is 5. The first kappa shape index (κ1) is 14.2. The molecule has 0 bridgehead atoms. The predicted molar refractivity (Wildman–Crippen MR) is 75.6 cm³/mol. The van der Waals surface area contributed by atoms with Gasteiger partial charge in [-0.25, -0.2) is 13.1 Å². The Bertz CT molecular complexity index is 635. The van der Waals surface area contributed by atoms with Gasteiger partial charge in [-0.05, 0) is 24.6 Å². The Balaban J connectivity index is 2.03. The molecule has 0 amide bonds. The highest BCUT2D eigenvalue weighted by Gasteiger charge is 2.18. The minimum atomic E-state index is -3.53. The Morgan fingerprint density at radius 1 is 1.21 bits per heavy atom. The number of aliphatic hydroxyl groups excluding tert-OH is 1. The number of hydrogen-bond donors (Lipinski definition) is 2. The fourth-order valence-electron chi connectivity index (χ4n) is 1.61. The molecule has 1 unspecified atom stereocenters. The zero-order valence-electron chi connectivity index (χ0n) is 10.4. The molecule has 0 aliphatic rings. The maximum absolute atomic E-state index is 12.0. The minimum absolute atomic E-state index is 0.0384. The summed E-state index contributed by atoms with van der Waals surface area (Å²) < 4.78 is 26.6. The first-order chi connectivity index (χ1) is 8.99. The number of aryl methyl sites for hydroxylation is 1. The summed E-state index contributed by atoms with van der Waals surface area (Å²) in [5, 5.41) is 9.91. The van der Waals surface area contributed by atoms with Crippen LogP contribution in [0.1, 0.15) is 16.5 Å². The van der Waals surface area contributed by atoms with Gasteiger partial charge in [0.2, 0.25) is 10.0 Å². The van der Waals surface area contributed by atoms with Gasteiger partial charge in [-0.2, -0.15) is 0 Å². The molecule has 0 fully saturated rings. The van der Waals surface area contributed by atoms with Crippen LogP contribution in [0.15, 0.2) is 46.7 Å². The topological polar surface area (TPSA) is 66.4 Å². The quantitative estimate of drug-likeness (QED) is 0.888. The van der Waals surface area contributed by atoms with E-state index in [2.05, 4.69) is 4.72 Å². The summed E-state index contributed by atoms with van der Waals surface area (Å²) in [6, 6.07) is 12.3. The minimum Gasteiger partial charge on any atom is -0.387 e. The Hall–Kier alpha value is -1.21. The molecule has 0 aliphatic carbocycles. The third-order valence-electron chi connectivity index (χ3n) is 2.63. The first-order valence-electron chi connectivity index (χ1n) is 5.78. The molecule has 6 heteroatoms. The van der Waals surface area contributed by atoms with Crippen LogP contribution in [0.3, 0.4) is 0 Å². The maximum atomic E-state index is 12.0. The van der Waals surface area contributed by atoms with Crippen LogP contribution in [0.5, 0.6) is 0 Å². The van der Waals surface area contributed by atoms with E-state index in [9.17, 15) is 13.5 Å². The summed E-state index contributed by atoms with van der Waals surface area (Å²) in [6.07, 6.45) is -0.850. The standard InChI is InChI=1S/C13H15NO3S2/c1-10-7-8-13(18-10)19(16,17)14-9-12(15)11-5-3-2-4-6-11/h2-8,12,14-15H,9H2,1H3. The highest BCUT2D eigenvalue weighted by atomic mass is 32.2. The van der Waals surface area contributed by atoms with Crippen molar-refractivity contribution in [3.63, 3.8) is 0 Å². The van der Waals surface area contributed by atoms with Gasteiger partial charge in [0.25, 0.3) is 0 Å². The van der Waals surface area contributed by atoms with E-state index in [-0.39, 0.29) is 10.8 Å². The highest BCUT2D eigenvalue weighted by molar-refractivity contribution is 7.91. The normalized spacial score (nSPS) is 13.4. The molecule has 0 radical (unpaired) electrons. The highest BCUT2D eigenvalue weighted by Crippen LogP contribution is 2.21. The number of sulfonamides is 1. The number of nitrogens with one attached hydrogen (secondary N) is 1. The lowest BCUT2D eigenvalue weighted by Gasteiger charge is -2.11. The van der Waals surface area contributed by atoms with Crippen LogP contribution in [0.2, 0.25) is 0 Å². The van der Waals surface area contributed by atoms with Gasteiger partial charge in [0.15, 0.2) is 0 Å². The molecule has 0 aliphatic heterocycles. The maximum Gasteiger partial charge on any atom is 0.250 e. The number of aliphatic hydroxyl groups is 1. The van der Waals surface area contributed by atoms with Gasteiger partial charge in [-0.15, -0.1) is 11.3 Å². The monoisotopic (exact) mass is 297 g/mol. The van der Waals surface area contributed by atoms with Crippen molar-refractivity contribution in [2.24, 2.45) is 0 Å². The summed E-state index contributed by atoms with van der Waals surface area (Å²) in [7, 11) is -3.53. The third-order valence-corrected chi connectivity index (χ3v) is 5.55. The second-order valence-corrected chi connectivity index (χ2v) is 7.43. The second-order valence-electron chi connectivity index (χ2n) is 4.14. The van der Waals surface area contributed by atoms with Gasteiger partial charge in [-0.3, -0.25) is 0 Å². The summed E-state index contributed by atoms with van der Waals surface area (Å²) in [6.45, 7) is 1.81. The molecule has 2 N–H and O–H groups in total. The smallest absolute Gasteiger partial charge is 0.250 e. The van der Waals surface area contributed by atoms with E-state index in [1.807, 2.05) is 13.0 Å². The Morgan fingerprint density at radius 3 is 2.47 bits per heavy atom. The van der Waals surface area contributed by atoms with Crippen molar-refractivity contribution in [2.45, 2.75) is 17.2 Å². The summed E-state index contributed by atoms with van der Waals surface area (Å²) >= 11 is 1.21. The fourth-order valence-corrected chi connectivity index (χ4v) is 3.98. The average Bonchev–Trinajstić information content (AvgIpc) is 2.85. The molecule has 1 atom stereocenters. The number of benzene rings is 1. The van der Waals surface area contributed by atoms with Crippen LogP contribution in [0.4, 0.5) is 0 Å². The zero-order valence-corrected chi connectivity index (χ0v) is 12.0. The lowest BCUT2D eigenvalue weighted by molar-refractivity contribution is 0.182. The van der Waals surface area contributed by atoms with Crippen LogP contribution < -0.4 is 4.72 Å². The van der Waals surface area contributed by atoms with Gasteiger partial charge in [0.1, 0.15) is 4.21 Å². The van der Waals surface area contributed by atoms with Crippen LogP contribution in [0, 0.1) is 6.92 Å². The van der Waals surface area contributed by atoms with Crippen molar-refractivity contribution < 1.29 is 13.5 Å². The third kappa shape index (κ3) is 3.63. The molecule has 0 spiro atoms. The van der Waals surface area contributed by atoms with Crippen molar-refractivity contribution in [2.75, 3.05) is 6.54 Å². The van der Waals surface area contributed by atoms with E-state index in [4.69, 9.17) is 0 Å². The molecule has 2 rings (SSSR count). The molecule has 0 saturated carbocycles. The van der Waals surface area contributed by atoms with Crippen molar-refractivity contribution in [3.8, 4) is 0 Å². The molecule has 102 valence electrons. The Labute approximate surface area is 116 Å². The van der Waals surface area contributed by atoms with Gasteiger partial charge < -0.3 is 5.11 Å². The lowest BCUT2D eigenvalue weighted by atomic mass is 10.1. The van der Waals surface area contributed by atoms with Crippen LogP contribution >= 0.6 is 11.3 Å². The van der Waals surface area contributed by atoms with Crippen molar-refractivity contribution in [1.29, 1.82) is 0 Å². The zero-order chi connectivity index (χ0) is 13.9. The number of hydrogen-bond acceptors (Lipinski definition) is 4. The molecule has 4 nitrogen and oxygen atoms in total. The molecular weight excluding hydrogens is 282 g/mol. The van der Waals surface area contributed by atoms with Crippen molar-refractivity contribution >= 4 is 21.4 Å². The van der Waals surface area contributed by atoms with E-state index >= 15 is 0 Å². The van der Waals surface area contributed by atoms with Crippen molar-refractivity contribution in [1.82, 2.24) is 4.72 Å². The van der Waals surface area contributed by atoms with E-state index in [1.165, 1.54) is 11.3 Å².